The molecule has 28 heavy (non-hydrogen) atoms. The molecule has 2 aromatic carbocycles. The molecule has 0 atom stereocenters. The number of ketones is 1. The van der Waals surface area contributed by atoms with Gasteiger partial charge in [-0.1, -0.05) is 36.9 Å². The highest BCUT2D eigenvalue weighted by Gasteiger charge is 2.20. The number of hydrogen-bond donors (Lipinski definition) is 0. The van der Waals surface area contributed by atoms with Crippen LogP contribution in [0.3, 0.4) is 0 Å². The second-order valence-electron chi connectivity index (χ2n) is 5.53. The molecule has 0 amide bonds. The first-order valence-electron chi connectivity index (χ1n) is 8.41. The van der Waals surface area contributed by atoms with Crippen molar-refractivity contribution in [3.63, 3.8) is 0 Å². The zero-order chi connectivity index (χ0) is 20.5. The van der Waals surface area contributed by atoms with Gasteiger partial charge in [-0.3, -0.25) is 9.79 Å². The maximum Gasteiger partial charge on any atom is 0.347 e. The predicted octanol–water partition coefficient (Wildman–Crippen LogP) is 4.17. The van der Waals surface area contributed by atoms with Crippen LogP contribution in [0.2, 0.25) is 0 Å². The SMILES string of the molecule is C=CN=C/C(=C\C)C(=O)Oc1ccccc1C(=O)Oc1ccccc1C(C)=O. The number of carbonyl (C=O) groups is 3. The Hall–Kier alpha value is -3.80. The van der Waals surface area contributed by atoms with Crippen molar-refractivity contribution < 1.29 is 23.9 Å². The Morgan fingerprint density at radius 2 is 1.50 bits per heavy atom. The smallest absolute Gasteiger partial charge is 0.347 e. The molecule has 0 bridgehead atoms. The number of allylic oxidation sites excluding steroid dienone is 1. The number of Topliss-reactive ketones (excluding diaryl/α,β-unsaturated/α-hetero) is 1. The second-order valence-corrected chi connectivity index (χ2v) is 5.53. The Labute approximate surface area is 162 Å². The van der Waals surface area contributed by atoms with Gasteiger partial charge in [0.05, 0.1) is 11.1 Å². The molecule has 0 saturated heterocycles. The van der Waals surface area contributed by atoms with E-state index in [-0.39, 0.29) is 34.0 Å². The lowest BCUT2D eigenvalue weighted by Crippen LogP contribution is -2.17. The number of aliphatic imine (C=N–C) groups is 1. The molecule has 0 aromatic heterocycles. The maximum atomic E-state index is 12.6. The number of ether oxygens (including phenoxy) is 2. The van der Waals surface area contributed by atoms with Crippen LogP contribution >= 0.6 is 0 Å². The van der Waals surface area contributed by atoms with E-state index in [1.54, 1.807) is 37.3 Å². The van der Waals surface area contributed by atoms with E-state index in [0.717, 1.165) is 0 Å². The van der Waals surface area contributed by atoms with Gasteiger partial charge in [0.25, 0.3) is 0 Å². The van der Waals surface area contributed by atoms with Crippen molar-refractivity contribution in [1.29, 1.82) is 0 Å². The van der Waals surface area contributed by atoms with Crippen LogP contribution in [0, 0.1) is 0 Å². The number of nitrogens with zero attached hydrogens (tertiary/aromatic N) is 1. The first-order valence-corrected chi connectivity index (χ1v) is 8.41. The molecule has 0 aliphatic rings. The van der Waals surface area contributed by atoms with Crippen LogP contribution in [0.5, 0.6) is 11.5 Å². The molecule has 0 heterocycles. The molecule has 0 aliphatic heterocycles. The third-order valence-electron chi connectivity index (χ3n) is 3.64. The van der Waals surface area contributed by atoms with Crippen molar-refractivity contribution in [2.75, 3.05) is 0 Å². The van der Waals surface area contributed by atoms with Crippen molar-refractivity contribution in [2.24, 2.45) is 4.99 Å². The van der Waals surface area contributed by atoms with Gasteiger partial charge in [-0.2, -0.15) is 0 Å². The molecule has 0 N–H and O–H groups in total. The van der Waals surface area contributed by atoms with Crippen LogP contribution in [0.4, 0.5) is 0 Å². The Morgan fingerprint density at radius 3 is 2.07 bits per heavy atom. The van der Waals surface area contributed by atoms with E-state index in [0.29, 0.717) is 0 Å². The number of benzene rings is 2. The minimum atomic E-state index is -0.751. The van der Waals surface area contributed by atoms with Gasteiger partial charge in [-0.25, -0.2) is 9.59 Å². The molecule has 0 spiro atoms. The normalized spacial score (nSPS) is 11.1. The van der Waals surface area contributed by atoms with Crippen molar-refractivity contribution in [3.8, 4) is 11.5 Å². The highest BCUT2D eigenvalue weighted by Crippen LogP contribution is 2.24. The van der Waals surface area contributed by atoms with Crippen LogP contribution in [0.1, 0.15) is 34.6 Å². The second kappa shape index (κ2) is 9.78. The lowest BCUT2D eigenvalue weighted by Gasteiger charge is -2.11. The van der Waals surface area contributed by atoms with Gasteiger partial charge >= 0.3 is 11.9 Å². The van der Waals surface area contributed by atoms with E-state index >= 15 is 0 Å². The molecular weight excluding hydrogens is 358 g/mol. The Morgan fingerprint density at radius 1 is 0.929 bits per heavy atom. The molecule has 142 valence electrons. The first-order chi connectivity index (χ1) is 13.5. The molecule has 0 unspecified atom stereocenters. The van der Waals surface area contributed by atoms with Gasteiger partial charge in [0.2, 0.25) is 0 Å². The highest BCUT2D eigenvalue weighted by atomic mass is 16.6. The summed E-state index contributed by atoms with van der Waals surface area (Å²) in [5, 5.41) is 0. The monoisotopic (exact) mass is 377 g/mol. The quantitative estimate of drug-likeness (QED) is 0.238. The van der Waals surface area contributed by atoms with Crippen molar-refractivity contribution in [2.45, 2.75) is 13.8 Å². The maximum absolute atomic E-state index is 12.6. The minimum Gasteiger partial charge on any atom is -0.422 e. The Balaban J connectivity index is 2.28. The van der Waals surface area contributed by atoms with Gasteiger partial charge in [-0.15, -0.1) is 0 Å². The van der Waals surface area contributed by atoms with Gasteiger partial charge in [0.1, 0.15) is 17.1 Å². The fraction of sp³-hybridized carbons (Fsp3) is 0.0909. The van der Waals surface area contributed by atoms with Crippen LogP contribution in [0.25, 0.3) is 0 Å². The number of rotatable bonds is 7. The molecule has 0 radical (unpaired) electrons. The summed E-state index contributed by atoms with van der Waals surface area (Å²) in [7, 11) is 0. The average molecular weight is 377 g/mol. The fourth-order valence-corrected chi connectivity index (χ4v) is 2.26. The molecule has 2 aromatic rings. The summed E-state index contributed by atoms with van der Waals surface area (Å²) in [6.07, 6.45) is 4.12. The van der Waals surface area contributed by atoms with Gasteiger partial charge in [0.15, 0.2) is 5.78 Å². The molecule has 0 saturated carbocycles. The van der Waals surface area contributed by atoms with Crippen LogP contribution in [-0.4, -0.2) is 23.9 Å². The lowest BCUT2D eigenvalue weighted by atomic mass is 10.1. The highest BCUT2D eigenvalue weighted by molar-refractivity contribution is 6.10. The van der Waals surface area contributed by atoms with Gasteiger partial charge < -0.3 is 9.47 Å². The van der Waals surface area contributed by atoms with Crippen molar-refractivity contribution in [3.05, 3.63) is 84.1 Å². The first kappa shape index (κ1) is 20.5. The minimum absolute atomic E-state index is 0.0316. The van der Waals surface area contributed by atoms with Crippen LogP contribution in [-0.2, 0) is 4.79 Å². The molecule has 2 rings (SSSR count). The Bertz CT molecular complexity index is 972. The molecule has 6 nitrogen and oxygen atoms in total. The summed E-state index contributed by atoms with van der Waals surface area (Å²) in [5.74, 6) is -1.50. The summed E-state index contributed by atoms with van der Waals surface area (Å²) in [6, 6.07) is 12.6. The standard InChI is InChI=1S/C22H19NO5/c1-4-16(14-23-5-2)21(25)27-20-13-9-7-11-18(20)22(26)28-19-12-8-6-10-17(19)15(3)24/h4-14H,2H2,1,3H3/b16-4+,23-14?. The van der Waals surface area contributed by atoms with Gasteiger partial charge in [0, 0.05) is 12.4 Å². The summed E-state index contributed by atoms with van der Waals surface area (Å²) in [5.41, 5.74) is 0.525. The van der Waals surface area contributed by atoms with Crippen LogP contribution < -0.4 is 9.47 Å². The van der Waals surface area contributed by atoms with E-state index in [9.17, 15) is 14.4 Å². The average Bonchev–Trinajstić information content (AvgIpc) is 2.69. The third-order valence-corrected chi connectivity index (χ3v) is 3.64. The molecule has 0 fully saturated rings. The summed E-state index contributed by atoms with van der Waals surface area (Å²) in [4.78, 5) is 40.4. The molecular formula is C22H19NO5. The molecule has 0 aliphatic carbocycles. The summed E-state index contributed by atoms with van der Waals surface area (Å²) >= 11 is 0. The van der Waals surface area contributed by atoms with E-state index in [1.807, 2.05) is 0 Å². The van der Waals surface area contributed by atoms with Crippen molar-refractivity contribution in [1.82, 2.24) is 0 Å². The van der Waals surface area contributed by atoms with E-state index in [1.165, 1.54) is 43.6 Å². The Kier molecular flexibility index (Phi) is 7.16. The van der Waals surface area contributed by atoms with Gasteiger partial charge in [-0.05, 0) is 38.1 Å². The number of para-hydroxylation sites is 2. The topological polar surface area (TPSA) is 82.0 Å². The zero-order valence-corrected chi connectivity index (χ0v) is 15.5. The van der Waals surface area contributed by atoms with Crippen molar-refractivity contribution >= 4 is 23.9 Å². The van der Waals surface area contributed by atoms with E-state index in [2.05, 4.69) is 11.6 Å². The summed E-state index contributed by atoms with van der Waals surface area (Å²) in [6.45, 7) is 6.48. The number of carbonyl (C=O) groups excluding carboxylic acids is 3. The summed E-state index contributed by atoms with van der Waals surface area (Å²) < 4.78 is 10.7. The third kappa shape index (κ3) is 5.11. The largest absolute Gasteiger partial charge is 0.422 e. The van der Waals surface area contributed by atoms with Crippen LogP contribution in [0.15, 0.2) is 78.0 Å². The zero-order valence-electron chi connectivity index (χ0n) is 15.5. The fourth-order valence-electron chi connectivity index (χ4n) is 2.26. The number of hydrogen-bond acceptors (Lipinski definition) is 6. The predicted molar refractivity (Wildman–Crippen MR) is 106 cm³/mol. The lowest BCUT2D eigenvalue weighted by molar-refractivity contribution is -0.129. The molecule has 6 heteroatoms. The van der Waals surface area contributed by atoms with E-state index in [4.69, 9.17) is 9.47 Å². The van der Waals surface area contributed by atoms with E-state index < -0.39 is 11.9 Å². The number of esters is 2.